The smallest absolute Gasteiger partial charge is 0.259 e. The van der Waals surface area contributed by atoms with Crippen LogP contribution in [-0.4, -0.2) is 22.5 Å². The molecule has 106 valence electrons. The Balaban J connectivity index is 1.98. The van der Waals surface area contributed by atoms with Crippen molar-refractivity contribution in [1.82, 2.24) is 9.38 Å². The van der Waals surface area contributed by atoms with Gasteiger partial charge in [-0.1, -0.05) is 24.3 Å². The van der Waals surface area contributed by atoms with Gasteiger partial charge in [0.2, 0.25) is 0 Å². The van der Waals surface area contributed by atoms with Crippen LogP contribution < -0.4 is 10.5 Å². The molecule has 0 atom stereocenters. The minimum absolute atomic E-state index is 0.00803. The fourth-order valence-electron chi connectivity index (χ4n) is 3.10. The molecule has 1 saturated heterocycles. The molecular formula is C17H17N3O. The van der Waals surface area contributed by atoms with Gasteiger partial charge in [-0.3, -0.25) is 9.20 Å². The fourth-order valence-corrected chi connectivity index (χ4v) is 3.10. The van der Waals surface area contributed by atoms with Crippen molar-refractivity contribution in [2.75, 3.05) is 18.0 Å². The molecule has 2 aromatic heterocycles. The van der Waals surface area contributed by atoms with Gasteiger partial charge in [-0.05, 0) is 30.7 Å². The van der Waals surface area contributed by atoms with E-state index in [9.17, 15) is 4.79 Å². The highest BCUT2D eigenvalue weighted by atomic mass is 16.1. The Morgan fingerprint density at radius 2 is 1.81 bits per heavy atom. The number of hydrogen-bond acceptors (Lipinski definition) is 3. The Morgan fingerprint density at radius 1 is 1.00 bits per heavy atom. The van der Waals surface area contributed by atoms with Crippen LogP contribution in [0.1, 0.15) is 19.3 Å². The summed E-state index contributed by atoms with van der Waals surface area (Å²) in [6.45, 7) is 1.99. The highest BCUT2D eigenvalue weighted by Gasteiger charge is 2.14. The van der Waals surface area contributed by atoms with Gasteiger partial charge < -0.3 is 4.90 Å². The molecule has 1 aliphatic heterocycles. The first kappa shape index (κ1) is 12.4. The largest absolute Gasteiger partial charge is 0.356 e. The van der Waals surface area contributed by atoms with Crippen LogP contribution in [-0.2, 0) is 0 Å². The zero-order valence-corrected chi connectivity index (χ0v) is 11.8. The molecule has 21 heavy (non-hydrogen) atoms. The molecule has 4 heteroatoms. The lowest BCUT2D eigenvalue weighted by Gasteiger charge is -2.27. The monoisotopic (exact) mass is 279 g/mol. The highest BCUT2D eigenvalue weighted by molar-refractivity contribution is 5.93. The van der Waals surface area contributed by atoms with E-state index in [0.717, 1.165) is 35.3 Å². The third-order valence-corrected chi connectivity index (χ3v) is 4.22. The molecule has 0 N–H and O–H groups in total. The van der Waals surface area contributed by atoms with Gasteiger partial charge in [0.15, 0.2) is 0 Å². The van der Waals surface area contributed by atoms with E-state index in [1.807, 2.05) is 30.5 Å². The van der Waals surface area contributed by atoms with Gasteiger partial charge >= 0.3 is 0 Å². The predicted molar refractivity (Wildman–Crippen MR) is 85.0 cm³/mol. The van der Waals surface area contributed by atoms with Crippen molar-refractivity contribution >= 4 is 22.2 Å². The third-order valence-electron chi connectivity index (χ3n) is 4.22. The summed E-state index contributed by atoms with van der Waals surface area (Å²) in [5.74, 6) is 0.816. The Morgan fingerprint density at radius 3 is 2.67 bits per heavy atom. The number of fused-ring (bicyclic) bond motifs is 3. The molecule has 1 aliphatic rings. The second-order valence-electron chi connectivity index (χ2n) is 5.60. The van der Waals surface area contributed by atoms with Gasteiger partial charge in [0.1, 0.15) is 11.5 Å². The SMILES string of the molecule is O=c1cc(N2CCCCC2)nc2c3ccccc3ccn12. The molecule has 4 rings (SSSR count). The number of rotatable bonds is 1. The van der Waals surface area contributed by atoms with Crippen LogP contribution in [0, 0.1) is 0 Å². The summed E-state index contributed by atoms with van der Waals surface area (Å²) in [5, 5.41) is 2.14. The van der Waals surface area contributed by atoms with E-state index in [4.69, 9.17) is 4.98 Å². The van der Waals surface area contributed by atoms with E-state index in [1.165, 1.54) is 19.3 Å². The second-order valence-corrected chi connectivity index (χ2v) is 5.60. The van der Waals surface area contributed by atoms with Crippen molar-refractivity contribution in [3.8, 4) is 0 Å². The number of aromatic nitrogens is 2. The summed E-state index contributed by atoms with van der Waals surface area (Å²) < 4.78 is 1.63. The number of piperidine rings is 1. The maximum atomic E-state index is 12.4. The number of anilines is 1. The molecule has 3 heterocycles. The van der Waals surface area contributed by atoms with Crippen molar-refractivity contribution in [1.29, 1.82) is 0 Å². The summed E-state index contributed by atoms with van der Waals surface area (Å²) in [4.78, 5) is 19.4. The molecule has 0 aliphatic carbocycles. The van der Waals surface area contributed by atoms with Crippen LogP contribution in [0.5, 0.6) is 0 Å². The van der Waals surface area contributed by atoms with Crippen LogP contribution in [0.2, 0.25) is 0 Å². The molecule has 3 aromatic rings. The van der Waals surface area contributed by atoms with Crippen LogP contribution in [0.4, 0.5) is 5.82 Å². The van der Waals surface area contributed by atoms with Gasteiger partial charge in [0.25, 0.3) is 5.56 Å². The average molecular weight is 279 g/mol. The lowest BCUT2D eigenvalue weighted by atomic mass is 10.1. The third kappa shape index (κ3) is 2.07. The zero-order valence-electron chi connectivity index (χ0n) is 11.8. The lowest BCUT2D eigenvalue weighted by Crippen LogP contribution is -2.31. The quantitative estimate of drug-likeness (QED) is 0.643. The predicted octanol–water partition coefficient (Wildman–Crippen LogP) is 2.84. The first-order valence-electron chi connectivity index (χ1n) is 7.49. The summed E-state index contributed by atoms with van der Waals surface area (Å²) in [6, 6.07) is 11.7. The van der Waals surface area contributed by atoms with E-state index < -0.39 is 0 Å². The Kier molecular flexibility index (Phi) is 2.88. The van der Waals surface area contributed by atoms with Crippen molar-refractivity contribution in [3.05, 3.63) is 52.9 Å². The molecule has 0 spiro atoms. The molecule has 0 saturated carbocycles. The van der Waals surface area contributed by atoms with E-state index in [2.05, 4.69) is 11.0 Å². The summed E-state index contributed by atoms with van der Waals surface area (Å²) in [6.07, 6.45) is 5.44. The lowest BCUT2D eigenvalue weighted by molar-refractivity contribution is 0.573. The minimum atomic E-state index is -0.00803. The summed E-state index contributed by atoms with van der Waals surface area (Å²) in [5.41, 5.74) is 0.743. The molecule has 4 nitrogen and oxygen atoms in total. The van der Waals surface area contributed by atoms with E-state index in [0.29, 0.717) is 0 Å². The maximum Gasteiger partial charge on any atom is 0.259 e. The van der Waals surface area contributed by atoms with E-state index in [1.54, 1.807) is 10.5 Å². The number of hydrogen-bond donors (Lipinski definition) is 0. The van der Waals surface area contributed by atoms with Crippen LogP contribution in [0.3, 0.4) is 0 Å². The fraction of sp³-hybridized carbons (Fsp3) is 0.294. The van der Waals surface area contributed by atoms with Gasteiger partial charge in [-0.2, -0.15) is 0 Å². The summed E-state index contributed by atoms with van der Waals surface area (Å²) >= 11 is 0. The molecule has 0 radical (unpaired) electrons. The van der Waals surface area contributed by atoms with Crippen molar-refractivity contribution in [2.45, 2.75) is 19.3 Å². The topological polar surface area (TPSA) is 37.6 Å². The Bertz CT molecular complexity index is 863. The Hall–Kier alpha value is -2.36. The van der Waals surface area contributed by atoms with Crippen molar-refractivity contribution in [2.24, 2.45) is 0 Å². The zero-order chi connectivity index (χ0) is 14.2. The van der Waals surface area contributed by atoms with Gasteiger partial charge in [-0.25, -0.2) is 4.98 Å². The van der Waals surface area contributed by atoms with Gasteiger partial charge in [0, 0.05) is 30.7 Å². The average Bonchev–Trinajstić information content (AvgIpc) is 2.55. The molecule has 0 amide bonds. The highest BCUT2D eigenvalue weighted by Crippen LogP contribution is 2.21. The molecule has 1 aromatic carbocycles. The van der Waals surface area contributed by atoms with Gasteiger partial charge in [-0.15, -0.1) is 0 Å². The maximum absolute atomic E-state index is 12.4. The first-order chi connectivity index (χ1) is 10.3. The number of nitrogens with zero attached hydrogens (tertiary/aromatic N) is 3. The summed E-state index contributed by atoms with van der Waals surface area (Å²) in [7, 11) is 0. The normalized spacial score (nSPS) is 15.7. The van der Waals surface area contributed by atoms with E-state index >= 15 is 0 Å². The molecule has 0 unspecified atom stereocenters. The van der Waals surface area contributed by atoms with Gasteiger partial charge in [0.05, 0.1) is 0 Å². The van der Waals surface area contributed by atoms with Crippen molar-refractivity contribution < 1.29 is 0 Å². The standard InChI is InChI=1S/C17H17N3O/c21-16-12-15(19-9-4-1-5-10-19)18-17-14-7-3-2-6-13(14)8-11-20(16)17/h2-3,6-8,11-12H,1,4-5,9-10H2. The van der Waals surface area contributed by atoms with Crippen LogP contribution in [0.15, 0.2) is 47.4 Å². The molecular weight excluding hydrogens is 262 g/mol. The molecule has 0 bridgehead atoms. The first-order valence-corrected chi connectivity index (χ1v) is 7.49. The van der Waals surface area contributed by atoms with Crippen molar-refractivity contribution in [3.63, 3.8) is 0 Å². The Labute approximate surface area is 122 Å². The van der Waals surface area contributed by atoms with Crippen LogP contribution >= 0.6 is 0 Å². The second kappa shape index (κ2) is 4.88. The number of benzene rings is 1. The molecule has 1 fully saturated rings. The van der Waals surface area contributed by atoms with Crippen LogP contribution in [0.25, 0.3) is 16.4 Å². The minimum Gasteiger partial charge on any atom is -0.356 e. The van der Waals surface area contributed by atoms with E-state index in [-0.39, 0.29) is 5.56 Å². The number of pyridine rings is 1.